The third-order valence-electron chi connectivity index (χ3n) is 14.5. The minimum absolute atomic E-state index is 0.0504. The van der Waals surface area contributed by atoms with E-state index in [0.29, 0.717) is 59.3 Å². The fourth-order valence-corrected chi connectivity index (χ4v) is 11.1. The molecule has 2 bridgehead atoms. The predicted molar refractivity (Wildman–Crippen MR) is 263 cm³/mol. The molecule has 4 aliphatic rings. The first-order valence-corrected chi connectivity index (χ1v) is 24.4. The van der Waals surface area contributed by atoms with Gasteiger partial charge in [0.25, 0.3) is 0 Å². The Morgan fingerprint density at radius 2 is 1.68 bits per heavy atom. The number of carbonyl (C=O) groups excluding carboxylic acids is 4. The molecule has 2 N–H and O–H groups in total. The molecule has 14 heteroatoms. The smallest absolute Gasteiger partial charge is 0.226 e. The number of piperidine rings is 1. The third kappa shape index (κ3) is 10.0. The Labute approximate surface area is 407 Å². The molecule has 3 amide bonds. The summed E-state index contributed by atoms with van der Waals surface area (Å²) in [4.78, 5) is 69.6. The number of aliphatic hydroxyl groups excluding tert-OH is 1. The second-order valence-corrected chi connectivity index (χ2v) is 20.0. The summed E-state index contributed by atoms with van der Waals surface area (Å²) >= 11 is 12.9. The number of hydrogen-bond donors (Lipinski definition) is 2. The molecule has 354 valence electrons. The molecule has 0 saturated carbocycles. The van der Waals surface area contributed by atoms with Gasteiger partial charge in [0.1, 0.15) is 17.3 Å². The van der Waals surface area contributed by atoms with Gasteiger partial charge in [-0.05, 0) is 117 Å². The lowest BCUT2D eigenvalue weighted by Crippen LogP contribution is -2.63. The first kappa shape index (κ1) is 47.3. The minimum atomic E-state index is -1.09. The van der Waals surface area contributed by atoms with Gasteiger partial charge in [0.15, 0.2) is 5.78 Å². The maximum absolute atomic E-state index is 15.3. The third-order valence-corrected chi connectivity index (χ3v) is 15.0. The van der Waals surface area contributed by atoms with Crippen molar-refractivity contribution in [3.63, 3.8) is 0 Å². The summed E-state index contributed by atoms with van der Waals surface area (Å²) in [5.74, 6) is -1.60. The van der Waals surface area contributed by atoms with Gasteiger partial charge in [-0.2, -0.15) is 0 Å². The van der Waals surface area contributed by atoms with Crippen molar-refractivity contribution in [1.29, 1.82) is 0 Å². The number of nitrogens with one attached hydrogen (secondary N) is 1. The molecule has 0 spiro atoms. The van der Waals surface area contributed by atoms with Gasteiger partial charge in [-0.25, -0.2) is 4.98 Å². The van der Waals surface area contributed by atoms with Crippen molar-refractivity contribution in [3.05, 3.63) is 141 Å². The van der Waals surface area contributed by atoms with Crippen molar-refractivity contribution in [1.82, 2.24) is 29.6 Å². The number of fused-ring (bicyclic) bond motifs is 3. The van der Waals surface area contributed by atoms with Crippen LogP contribution in [0.5, 0.6) is 11.5 Å². The van der Waals surface area contributed by atoms with Crippen LogP contribution in [0.25, 0.3) is 16.8 Å². The van der Waals surface area contributed by atoms with E-state index in [0.717, 1.165) is 53.3 Å². The first-order valence-electron chi connectivity index (χ1n) is 23.6. The number of carbonyl (C=O) groups is 4. The van der Waals surface area contributed by atoms with Crippen molar-refractivity contribution in [2.45, 2.75) is 75.9 Å². The summed E-state index contributed by atoms with van der Waals surface area (Å²) in [5.41, 5.74) is 5.95. The van der Waals surface area contributed by atoms with Crippen LogP contribution in [0.15, 0.2) is 103 Å². The number of aliphatic hydroxyl groups is 1. The zero-order valence-corrected chi connectivity index (χ0v) is 40.3. The van der Waals surface area contributed by atoms with Gasteiger partial charge in [-0.1, -0.05) is 71.7 Å². The molecule has 3 aliphatic heterocycles. The van der Waals surface area contributed by atoms with E-state index < -0.39 is 41.7 Å². The Kier molecular flexibility index (Phi) is 13.9. The molecule has 12 nitrogen and oxygen atoms in total. The standard InChI is InChI=1S/C54H58Cl2N6O6/c1-34-48(64)25-40(32-63)52(66)58-54(28-35-9-15-41(55)16-10-35)22-6-23-61(33-54)53(67)46(45-20-14-36-7-4-5-8-44(36)45)27-50(65)62(34)31-38-11-17-42(56)26-49(38)68-43-18-12-37(13-19-43)47-29-57-51(60(47)3)39-21-24-59(2)30-39/h4-5,7-13,15-19,21,26,29,34,40,45-46,63H,6,14,20,22-25,27-28,30-33H2,1-3H3,(H,58,66)/t34-,40-,45+,46-,54+/m0/s1. The number of amides is 3. The van der Waals surface area contributed by atoms with E-state index in [1.54, 1.807) is 37.3 Å². The van der Waals surface area contributed by atoms with E-state index in [9.17, 15) is 14.7 Å². The van der Waals surface area contributed by atoms with Crippen LogP contribution < -0.4 is 10.1 Å². The lowest BCUT2D eigenvalue weighted by Gasteiger charge is -2.46. The average Bonchev–Trinajstić information content (AvgIpc) is 4.07. The summed E-state index contributed by atoms with van der Waals surface area (Å²) in [6.07, 6.45) is 6.71. The van der Waals surface area contributed by atoms with Gasteiger partial charge in [-0.15, -0.1) is 0 Å². The Bertz CT molecular complexity index is 2740. The second-order valence-electron chi connectivity index (χ2n) is 19.2. The van der Waals surface area contributed by atoms with E-state index in [1.165, 1.54) is 10.5 Å². The van der Waals surface area contributed by atoms with Crippen LogP contribution in [-0.2, 0) is 45.6 Å². The molecule has 1 aromatic heterocycles. The zero-order valence-electron chi connectivity index (χ0n) is 38.8. The molecule has 68 heavy (non-hydrogen) atoms. The monoisotopic (exact) mass is 956 g/mol. The van der Waals surface area contributed by atoms with E-state index in [4.69, 9.17) is 32.9 Å². The highest BCUT2D eigenvalue weighted by Crippen LogP contribution is 2.42. The number of aryl methyl sites for hydroxylation is 1. The topological polar surface area (TPSA) is 137 Å². The molecule has 5 atom stereocenters. The summed E-state index contributed by atoms with van der Waals surface area (Å²) in [6, 6.07) is 27.4. The van der Waals surface area contributed by atoms with Crippen LogP contribution in [0.4, 0.5) is 0 Å². The van der Waals surface area contributed by atoms with Crippen LogP contribution in [0.3, 0.4) is 0 Å². The number of imidazole rings is 1. The number of ether oxygens (including phenoxy) is 1. The van der Waals surface area contributed by atoms with Crippen LogP contribution in [-0.4, -0.2) is 104 Å². The van der Waals surface area contributed by atoms with Crippen molar-refractivity contribution < 1.29 is 29.0 Å². The number of ketones is 1. The van der Waals surface area contributed by atoms with E-state index in [2.05, 4.69) is 40.0 Å². The zero-order chi connectivity index (χ0) is 47.7. The number of hydrogen-bond acceptors (Lipinski definition) is 8. The molecular formula is C54H58Cl2N6O6. The number of likely N-dealkylation sites (N-methyl/N-ethyl adjacent to an activating group) is 1. The maximum Gasteiger partial charge on any atom is 0.226 e. The Balaban J connectivity index is 1.03. The fraction of sp³-hybridized carbons (Fsp3) is 0.389. The summed E-state index contributed by atoms with van der Waals surface area (Å²) < 4.78 is 8.62. The highest BCUT2D eigenvalue weighted by atomic mass is 35.5. The number of halogens is 2. The maximum atomic E-state index is 15.3. The molecular weight excluding hydrogens is 900 g/mol. The number of benzene rings is 4. The molecule has 9 rings (SSSR count). The average molecular weight is 958 g/mol. The van der Waals surface area contributed by atoms with Gasteiger partial charge in [0.05, 0.1) is 48.5 Å². The summed E-state index contributed by atoms with van der Waals surface area (Å²) in [6.45, 7) is 3.43. The quantitative estimate of drug-likeness (QED) is 0.143. The normalized spacial score (nSPS) is 23.9. The van der Waals surface area contributed by atoms with Crippen molar-refractivity contribution in [2.75, 3.05) is 39.8 Å². The predicted octanol–water partition coefficient (Wildman–Crippen LogP) is 8.27. The first-order chi connectivity index (χ1) is 32.8. The SMILES string of the molecule is C[C@H]1C(=O)C[C@@H](CO)C(=O)N[C@@]2(Cc3ccc(Cl)cc3)CCCN(C2)C(=O)[C@H]([C@@H]2CCc3ccccc32)CC(=O)N1Cc1ccc(Cl)cc1Oc1ccc(-c2cnc(C3=CCN(C)C3)n2C)cc1. The summed E-state index contributed by atoms with van der Waals surface area (Å²) in [7, 11) is 4.10. The number of nitrogens with zero attached hydrogens (tertiary/aromatic N) is 5. The molecule has 2 fully saturated rings. The van der Waals surface area contributed by atoms with Gasteiger partial charge in [0, 0.05) is 72.8 Å². The number of aromatic nitrogens is 2. The molecule has 4 heterocycles. The lowest BCUT2D eigenvalue weighted by atomic mass is 9.79. The Morgan fingerprint density at radius 3 is 2.43 bits per heavy atom. The fourth-order valence-electron chi connectivity index (χ4n) is 10.8. The molecule has 0 radical (unpaired) electrons. The molecule has 0 unspecified atom stereocenters. The van der Waals surface area contributed by atoms with Crippen LogP contribution in [0.2, 0.25) is 10.0 Å². The number of Topliss-reactive ketones (excluding diaryl/α,β-unsaturated/α-hetero) is 1. The Morgan fingerprint density at radius 1 is 0.912 bits per heavy atom. The van der Waals surface area contributed by atoms with Crippen molar-refractivity contribution in [3.8, 4) is 22.8 Å². The number of rotatable bonds is 10. The highest BCUT2D eigenvalue weighted by Gasteiger charge is 2.45. The van der Waals surface area contributed by atoms with Gasteiger partial charge in [0.2, 0.25) is 17.7 Å². The summed E-state index contributed by atoms with van der Waals surface area (Å²) in [5, 5.41) is 14.9. The van der Waals surface area contributed by atoms with Crippen LogP contribution >= 0.6 is 23.2 Å². The largest absolute Gasteiger partial charge is 0.457 e. The molecule has 4 aromatic carbocycles. The van der Waals surface area contributed by atoms with E-state index in [1.807, 2.05) is 66.7 Å². The highest BCUT2D eigenvalue weighted by molar-refractivity contribution is 6.31. The van der Waals surface area contributed by atoms with Gasteiger partial charge < -0.3 is 29.5 Å². The van der Waals surface area contributed by atoms with E-state index >= 15 is 9.59 Å². The van der Waals surface area contributed by atoms with Gasteiger partial charge >= 0.3 is 0 Å². The minimum Gasteiger partial charge on any atom is -0.457 e. The van der Waals surface area contributed by atoms with Crippen molar-refractivity contribution >= 4 is 52.3 Å². The Hall–Kier alpha value is -5.79. The lowest BCUT2D eigenvalue weighted by molar-refractivity contribution is -0.148. The molecule has 1 aliphatic carbocycles. The van der Waals surface area contributed by atoms with Crippen LogP contribution in [0.1, 0.15) is 73.0 Å². The molecule has 5 aromatic rings. The molecule has 2 saturated heterocycles. The van der Waals surface area contributed by atoms with Crippen molar-refractivity contribution in [2.24, 2.45) is 18.9 Å². The van der Waals surface area contributed by atoms with Gasteiger partial charge in [-0.3, -0.25) is 24.1 Å². The van der Waals surface area contributed by atoms with Crippen LogP contribution in [0, 0.1) is 11.8 Å². The van der Waals surface area contributed by atoms with E-state index in [-0.39, 0.29) is 43.7 Å². The second kappa shape index (κ2) is 20.0.